The van der Waals surface area contributed by atoms with E-state index in [0.29, 0.717) is 12.4 Å². The summed E-state index contributed by atoms with van der Waals surface area (Å²) >= 11 is 0. The van der Waals surface area contributed by atoms with Gasteiger partial charge in [-0.25, -0.2) is 4.98 Å². The first kappa shape index (κ1) is 14.7. The summed E-state index contributed by atoms with van der Waals surface area (Å²) in [5.41, 5.74) is 5.47. The van der Waals surface area contributed by atoms with Crippen LogP contribution in [0.3, 0.4) is 0 Å². The van der Waals surface area contributed by atoms with Crippen molar-refractivity contribution in [1.29, 1.82) is 0 Å². The molecule has 0 radical (unpaired) electrons. The van der Waals surface area contributed by atoms with Crippen LogP contribution in [-0.2, 0) is 0 Å². The van der Waals surface area contributed by atoms with Gasteiger partial charge < -0.3 is 21.5 Å². The molecular weight excluding hydrogens is 204 g/mol. The van der Waals surface area contributed by atoms with Crippen LogP contribution in [0.4, 0.5) is 5.82 Å². The molecule has 0 saturated carbocycles. The first-order valence-electron chi connectivity index (χ1n) is 5.33. The van der Waals surface area contributed by atoms with Gasteiger partial charge in [0.1, 0.15) is 18.2 Å². The van der Waals surface area contributed by atoms with Crippen molar-refractivity contribution in [3.05, 3.63) is 18.3 Å². The van der Waals surface area contributed by atoms with Crippen molar-refractivity contribution in [3.8, 4) is 5.75 Å². The summed E-state index contributed by atoms with van der Waals surface area (Å²) in [5, 5.41) is 0. The molecule has 0 unspecified atom stereocenters. The number of likely N-dealkylation sites (N-methyl/N-ethyl adjacent to an activating group) is 1. The van der Waals surface area contributed by atoms with E-state index in [1.54, 1.807) is 12.3 Å². The molecule has 0 aliphatic heterocycles. The van der Waals surface area contributed by atoms with Gasteiger partial charge in [0, 0.05) is 6.54 Å². The topological polar surface area (TPSA) is 86.4 Å². The minimum Gasteiger partial charge on any atom is -0.491 e. The molecule has 1 aromatic rings. The van der Waals surface area contributed by atoms with Crippen LogP contribution >= 0.6 is 0 Å². The number of nitrogens with two attached hydrogens (primary N) is 1. The Balaban J connectivity index is 0.00000225. The van der Waals surface area contributed by atoms with Crippen molar-refractivity contribution in [2.24, 2.45) is 0 Å². The number of hydrogen-bond donors (Lipinski definition) is 2. The number of anilines is 1. The van der Waals surface area contributed by atoms with E-state index in [1.165, 1.54) is 0 Å². The summed E-state index contributed by atoms with van der Waals surface area (Å²) in [6.45, 7) is 8.03. The smallest absolute Gasteiger partial charge is 0.137 e. The fraction of sp³-hybridized carbons (Fsp3) is 0.545. The van der Waals surface area contributed by atoms with Crippen molar-refractivity contribution in [2.75, 3.05) is 32.0 Å². The molecule has 92 valence electrons. The largest absolute Gasteiger partial charge is 0.491 e. The van der Waals surface area contributed by atoms with Gasteiger partial charge in [0.15, 0.2) is 0 Å². The summed E-state index contributed by atoms with van der Waals surface area (Å²) in [4.78, 5) is 6.27. The van der Waals surface area contributed by atoms with Gasteiger partial charge in [0.25, 0.3) is 0 Å². The van der Waals surface area contributed by atoms with Crippen molar-refractivity contribution >= 4 is 5.82 Å². The van der Waals surface area contributed by atoms with E-state index in [0.717, 1.165) is 25.4 Å². The lowest BCUT2D eigenvalue weighted by atomic mass is 10.4. The molecule has 0 saturated heterocycles. The van der Waals surface area contributed by atoms with Crippen LogP contribution in [0.15, 0.2) is 18.3 Å². The second kappa shape index (κ2) is 7.90. The molecule has 5 nitrogen and oxygen atoms in total. The van der Waals surface area contributed by atoms with Gasteiger partial charge in [-0.15, -0.1) is 0 Å². The van der Waals surface area contributed by atoms with Gasteiger partial charge in [-0.2, -0.15) is 0 Å². The predicted octanol–water partition coefficient (Wildman–Crippen LogP) is 1.55. The van der Waals surface area contributed by atoms with Gasteiger partial charge in [-0.3, -0.25) is 0 Å². The Bertz CT molecular complexity index is 272. The van der Waals surface area contributed by atoms with E-state index in [-0.39, 0.29) is 6.15 Å². The van der Waals surface area contributed by atoms with E-state index in [4.69, 9.17) is 10.5 Å². The molecule has 5 N–H and O–H groups in total. The average molecular weight is 226 g/mol. The highest BCUT2D eigenvalue weighted by molar-refractivity contribution is 5.31. The Morgan fingerprint density at radius 3 is 2.50 bits per heavy atom. The third-order valence-electron chi connectivity index (χ3n) is 2.33. The van der Waals surface area contributed by atoms with E-state index in [9.17, 15) is 0 Å². The van der Waals surface area contributed by atoms with Crippen LogP contribution in [0.25, 0.3) is 0 Å². The molecule has 0 amide bonds. The lowest BCUT2D eigenvalue weighted by Crippen LogP contribution is -2.27. The predicted molar refractivity (Wildman–Crippen MR) is 67.0 cm³/mol. The lowest BCUT2D eigenvalue weighted by Gasteiger charge is -2.17. The summed E-state index contributed by atoms with van der Waals surface area (Å²) in [7, 11) is 0. The van der Waals surface area contributed by atoms with Crippen LogP contribution < -0.4 is 16.6 Å². The number of ether oxygens (including phenoxy) is 1. The maximum absolute atomic E-state index is 5.54. The van der Waals surface area contributed by atoms with Crippen molar-refractivity contribution in [2.45, 2.75) is 13.8 Å². The summed E-state index contributed by atoms with van der Waals surface area (Å²) < 4.78 is 5.54. The highest BCUT2D eigenvalue weighted by Crippen LogP contribution is 2.09. The quantitative estimate of drug-likeness (QED) is 0.768. The Labute approximate surface area is 97.2 Å². The van der Waals surface area contributed by atoms with Crippen molar-refractivity contribution < 1.29 is 4.74 Å². The molecule has 0 aliphatic carbocycles. The van der Waals surface area contributed by atoms with Crippen LogP contribution in [0.2, 0.25) is 0 Å². The molecule has 1 aromatic heterocycles. The van der Waals surface area contributed by atoms with Crippen molar-refractivity contribution in [1.82, 2.24) is 16.0 Å². The Kier molecular flexibility index (Phi) is 7.24. The van der Waals surface area contributed by atoms with Gasteiger partial charge >= 0.3 is 0 Å². The molecule has 0 bridgehead atoms. The normalized spacial score (nSPS) is 9.94. The van der Waals surface area contributed by atoms with Gasteiger partial charge in [-0.05, 0) is 25.2 Å². The minimum absolute atomic E-state index is 0. The van der Waals surface area contributed by atoms with Crippen LogP contribution in [0.5, 0.6) is 5.75 Å². The molecule has 1 rings (SSSR count). The van der Waals surface area contributed by atoms with Gasteiger partial charge in [0.05, 0.1) is 6.20 Å². The summed E-state index contributed by atoms with van der Waals surface area (Å²) in [6.07, 6.45) is 1.65. The third kappa shape index (κ3) is 4.95. The van der Waals surface area contributed by atoms with Crippen LogP contribution in [0.1, 0.15) is 13.8 Å². The van der Waals surface area contributed by atoms with Gasteiger partial charge in [0.2, 0.25) is 0 Å². The second-order valence-electron chi connectivity index (χ2n) is 3.29. The zero-order valence-electron chi connectivity index (χ0n) is 10.1. The molecule has 16 heavy (non-hydrogen) atoms. The third-order valence-corrected chi connectivity index (χ3v) is 2.33. The van der Waals surface area contributed by atoms with Crippen molar-refractivity contribution in [3.63, 3.8) is 0 Å². The number of nitrogens with zero attached hydrogens (tertiary/aromatic N) is 2. The standard InChI is InChI=1S/C11H19N3O.H3N/c1-3-14(4-2)7-8-15-10-5-6-11(12)13-9-10;/h5-6,9H,3-4,7-8H2,1-2H3,(H2,12,13);1H3. The maximum atomic E-state index is 5.54. The molecule has 1 heterocycles. The Morgan fingerprint density at radius 2 is 2.00 bits per heavy atom. The SMILES string of the molecule is CCN(CC)CCOc1ccc(N)nc1.N. The summed E-state index contributed by atoms with van der Waals surface area (Å²) in [6, 6.07) is 3.58. The van der Waals surface area contributed by atoms with Crippen LogP contribution in [-0.4, -0.2) is 36.1 Å². The fourth-order valence-electron chi connectivity index (χ4n) is 1.31. The van der Waals surface area contributed by atoms with Gasteiger partial charge in [-0.1, -0.05) is 13.8 Å². The monoisotopic (exact) mass is 226 g/mol. The molecular formula is C11H22N4O. The number of pyridine rings is 1. The average Bonchev–Trinajstić information content (AvgIpc) is 2.27. The number of rotatable bonds is 6. The van der Waals surface area contributed by atoms with E-state index in [1.807, 2.05) is 6.07 Å². The molecule has 0 fully saturated rings. The maximum Gasteiger partial charge on any atom is 0.137 e. The molecule has 0 aromatic carbocycles. The number of aromatic nitrogens is 1. The Morgan fingerprint density at radius 1 is 1.31 bits per heavy atom. The zero-order valence-corrected chi connectivity index (χ0v) is 10.1. The lowest BCUT2D eigenvalue weighted by molar-refractivity contribution is 0.222. The summed E-state index contributed by atoms with van der Waals surface area (Å²) in [5.74, 6) is 1.29. The molecule has 0 aliphatic rings. The van der Waals surface area contributed by atoms with E-state index < -0.39 is 0 Å². The zero-order chi connectivity index (χ0) is 11.1. The minimum atomic E-state index is 0. The highest BCUT2D eigenvalue weighted by Gasteiger charge is 1.99. The van der Waals surface area contributed by atoms with E-state index >= 15 is 0 Å². The fourth-order valence-corrected chi connectivity index (χ4v) is 1.31. The Hall–Kier alpha value is -1.33. The molecule has 0 spiro atoms. The van der Waals surface area contributed by atoms with Crippen LogP contribution in [0, 0.1) is 0 Å². The molecule has 0 atom stereocenters. The number of nitrogen functional groups attached to an aromatic ring is 1. The second-order valence-corrected chi connectivity index (χ2v) is 3.29. The number of hydrogen-bond acceptors (Lipinski definition) is 5. The van der Waals surface area contributed by atoms with E-state index in [2.05, 4.69) is 23.7 Å². The highest BCUT2D eigenvalue weighted by atomic mass is 16.5. The first-order chi connectivity index (χ1) is 7.26. The first-order valence-corrected chi connectivity index (χ1v) is 5.33. The molecule has 5 heteroatoms.